The van der Waals surface area contributed by atoms with E-state index in [1.54, 1.807) is 18.7 Å². The highest BCUT2D eigenvalue weighted by Gasteiger charge is 2.36. The summed E-state index contributed by atoms with van der Waals surface area (Å²) in [6, 6.07) is 9.34. The molecule has 44 heavy (non-hydrogen) atoms. The van der Waals surface area contributed by atoms with Crippen LogP contribution in [0, 0.1) is 0 Å². The second kappa shape index (κ2) is 12.3. The number of ether oxygens (including phenoxy) is 2. The van der Waals surface area contributed by atoms with Crippen LogP contribution in [0.5, 0.6) is 5.88 Å². The normalized spacial score (nSPS) is 18.3. The highest BCUT2D eigenvalue weighted by molar-refractivity contribution is 7.89. The third-order valence-electron chi connectivity index (χ3n) is 8.43. The lowest BCUT2D eigenvalue weighted by atomic mass is 9.85. The van der Waals surface area contributed by atoms with E-state index >= 15 is 0 Å². The molecule has 2 aliphatic rings. The first-order valence-electron chi connectivity index (χ1n) is 14.7. The minimum absolute atomic E-state index is 0.0435. The minimum atomic E-state index is -3.99. The molecule has 0 N–H and O–H groups in total. The second-order valence-corrected chi connectivity index (χ2v) is 13.9. The zero-order valence-corrected chi connectivity index (χ0v) is 27.0. The maximum atomic E-state index is 14.0. The number of halogens is 2. The fourth-order valence-electron chi connectivity index (χ4n) is 6.21. The van der Waals surface area contributed by atoms with Crippen molar-refractivity contribution in [3.05, 3.63) is 74.4 Å². The van der Waals surface area contributed by atoms with Gasteiger partial charge < -0.3 is 9.47 Å². The van der Waals surface area contributed by atoms with Crippen LogP contribution in [-0.4, -0.2) is 57.9 Å². The predicted molar refractivity (Wildman–Crippen MR) is 167 cm³/mol. The SMILES string of the molecule is CCOC(=O)CC(c1cc2c(c(CN3C[C@H](CC)Oc4ncc(Cl)cc4S3(=O)=O)c1)CCC2)c1ccc2c(nnn2C)c1Cl. The lowest BCUT2D eigenvalue weighted by Gasteiger charge is -2.25. The largest absolute Gasteiger partial charge is 0.472 e. The van der Waals surface area contributed by atoms with Crippen molar-refractivity contribution < 1.29 is 22.7 Å². The predicted octanol–water partition coefficient (Wildman–Crippen LogP) is 5.61. The topological polar surface area (TPSA) is 117 Å². The summed E-state index contributed by atoms with van der Waals surface area (Å²) in [6.07, 6.45) is 4.31. The van der Waals surface area contributed by atoms with E-state index in [0.717, 1.165) is 52.6 Å². The number of benzene rings is 2. The van der Waals surface area contributed by atoms with Crippen LogP contribution in [0.25, 0.3) is 11.0 Å². The molecule has 1 aliphatic carbocycles. The van der Waals surface area contributed by atoms with Crippen LogP contribution in [0.4, 0.5) is 0 Å². The van der Waals surface area contributed by atoms with Crippen molar-refractivity contribution in [3.8, 4) is 5.88 Å². The number of esters is 1. The number of nitrogens with zero attached hydrogens (tertiary/aromatic N) is 5. The average molecular weight is 659 g/mol. The van der Waals surface area contributed by atoms with Gasteiger partial charge in [-0.1, -0.05) is 53.5 Å². The summed E-state index contributed by atoms with van der Waals surface area (Å²) in [4.78, 5) is 17.1. The molecule has 1 unspecified atom stereocenters. The quantitative estimate of drug-likeness (QED) is 0.225. The Morgan fingerprint density at radius 2 is 2.00 bits per heavy atom. The molecule has 0 amide bonds. The van der Waals surface area contributed by atoms with E-state index in [0.29, 0.717) is 17.0 Å². The summed E-state index contributed by atoms with van der Waals surface area (Å²) in [7, 11) is -2.20. The van der Waals surface area contributed by atoms with Gasteiger partial charge in [0.25, 0.3) is 0 Å². The van der Waals surface area contributed by atoms with Crippen molar-refractivity contribution in [2.45, 2.75) is 69.4 Å². The zero-order valence-electron chi connectivity index (χ0n) is 24.7. The van der Waals surface area contributed by atoms with Gasteiger partial charge in [-0.3, -0.25) is 4.79 Å². The summed E-state index contributed by atoms with van der Waals surface area (Å²) >= 11 is 13.1. The van der Waals surface area contributed by atoms with Crippen LogP contribution in [-0.2, 0) is 46.0 Å². The Balaban J connectivity index is 1.46. The monoisotopic (exact) mass is 657 g/mol. The van der Waals surface area contributed by atoms with E-state index < -0.39 is 15.9 Å². The summed E-state index contributed by atoms with van der Waals surface area (Å²) in [5, 5.41) is 9.00. The number of sulfonamides is 1. The number of carbonyl (C=O) groups excluding carboxylic acids is 1. The first kappa shape index (κ1) is 30.8. The van der Waals surface area contributed by atoms with Crippen molar-refractivity contribution in [3.63, 3.8) is 0 Å². The molecule has 4 aromatic rings. The number of fused-ring (bicyclic) bond motifs is 3. The first-order valence-corrected chi connectivity index (χ1v) is 16.9. The smallest absolute Gasteiger partial charge is 0.306 e. The summed E-state index contributed by atoms with van der Waals surface area (Å²) in [5.41, 5.74) is 6.08. The molecule has 0 spiro atoms. The first-order chi connectivity index (χ1) is 21.1. The fraction of sp³-hybridized carbons (Fsp3) is 0.419. The van der Waals surface area contributed by atoms with Gasteiger partial charge in [0.2, 0.25) is 15.9 Å². The standard InChI is InChI=1S/C31H33Cl2N5O5S/c1-4-22-17-38(44(40,41)27-13-21(32)15-34-31(27)43-22)16-20-12-19(11-18-7-6-8-23(18)20)25(14-28(39)42-5-2)24-9-10-26-30(29(24)33)35-36-37(26)3/h9-13,15,22,25H,4-8,14,16-17H2,1-3H3/t22-,25?/m0/s1. The molecule has 1 aliphatic heterocycles. The van der Waals surface area contributed by atoms with E-state index in [4.69, 9.17) is 32.7 Å². The van der Waals surface area contributed by atoms with Gasteiger partial charge in [0.05, 0.1) is 35.1 Å². The average Bonchev–Trinajstić information content (AvgIpc) is 3.61. The highest BCUT2D eigenvalue weighted by Crippen LogP contribution is 2.40. The Hall–Kier alpha value is -3.25. The number of pyridine rings is 1. The Labute approximate surface area is 266 Å². The van der Waals surface area contributed by atoms with Crippen LogP contribution in [0.2, 0.25) is 10.0 Å². The molecular weight excluding hydrogens is 625 g/mol. The van der Waals surface area contributed by atoms with Crippen molar-refractivity contribution >= 4 is 50.2 Å². The minimum Gasteiger partial charge on any atom is -0.472 e. The van der Waals surface area contributed by atoms with Crippen molar-refractivity contribution in [2.75, 3.05) is 13.2 Å². The molecule has 2 aromatic carbocycles. The van der Waals surface area contributed by atoms with Crippen molar-refractivity contribution in [1.82, 2.24) is 24.3 Å². The van der Waals surface area contributed by atoms with Gasteiger partial charge in [-0.15, -0.1) is 5.10 Å². The van der Waals surface area contributed by atoms with Crippen LogP contribution in [0.15, 0.2) is 41.4 Å². The van der Waals surface area contributed by atoms with Crippen molar-refractivity contribution in [1.29, 1.82) is 0 Å². The highest BCUT2D eigenvalue weighted by atomic mass is 35.5. The molecule has 0 saturated carbocycles. The van der Waals surface area contributed by atoms with Crippen molar-refractivity contribution in [2.24, 2.45) is 7.05 Å². The van der Waals surface area contributed by atoms with Gasteiger partial charge in [-0.25, -0.2) is 18.1 Å². The lowest BCUT2D eigenvalue weighted by Crippen LogP contribution is -2.36. The van der Waals surface area contributed by atoms with Crippen LogP contribution in [0.1, 0.15) is 66.8 Å². The maximum Gasteiger partial charge on any atom is 0.306 e. The van der Waals surface area contributed by atoms with E-state index in [1.165, 1.54) is 16.6 Å². The van der Waals surface area contributed by atoms with Gasteiger partial charge in [-0.2, -0.15) is 4.31 Å². The Morgan fingerprint density at radius 3 is 2.77 bits per heavy atom. The van der Waals surface area contributed by atoms with Gasteiger partial charge in [0.1, 0.15) is 16.5 Å². The Morgan fingerprint density at radius 1 is 1.18 bits per heavy atom. The number of aryl methyl sites for hydroxylation is 2. The number of carbonyl (C=O) groups is 1. The maximum absolute atomic E-state index is 14.0. The molecule has 232 valence electrons. The van der Waals surface area contributed by atoms with E-state index in [1.807, 2.05) is 25.1 Å². The number of hydrogen-bond donors (Lipinski definition) is 0. The molecule has 2 atom stereocenters. The lowest BCUT2D eigenvalue weighted by molar-refractivity contribution is -0.143. The molecule has 6 rings (SSSR count). The number of rotatable bonds is 8. The van der Waals surface area contributed by atoms with Crippen LogP contribution in [0.3, 0.4) is 0 Å². The Kier molecular flexibility index (Phi) is 8.58. The second-order valence-electron chi connectivity index (χ2n) is 11.2. The van der Waals surface area contributed by atoms with Gasteiger partial charge >= 0.3 is 5.97 Å². The third kappa shape index (κ3) is 5.66. The van der Waals surface area contributed by atoms with Crippen LogP contribution < -0.4 is 4.74 Å². The van der Waals surface area contributed by atoms with Gasteiger partial charge in [0.15, 0.2) is 0 Å². The fourth-order valence-corrected chi connectivity index (χ4v) is 8.31. The van der Waals surface area contributed by atoms with Crippen LogP contribution >= 0.6 is 23.2 Å². The zero-order chi connectivity index (χ0) is 31.2. The summed E-state index contributed by atoms with van der Waals surface area (Å²) in [5.74, 6) is -0.742. The van der Waals surface area contributed by atoms with E-state index in [-0.39, 0.29) is 54.0 Å². The molecule has 0 fully saturated rings. The number of hydrogen-bond acceptors (Lipinski definition) is 8. The van der Waals surface area contributed by atoms with Gasteiger partial charge in [-0.05, 0) is 72.6 Å². The molecule has 0 bridgehead atoms. The molecule has 0 saturated heterocycles. The van der Waals surface area contributed by atoms with E-state index in [2.05, 4.69) is 21.4 Å². The molecule has 10 nitrogen and oxygen atoms in total. The molecule has 2 aromatic heterocycles. The third-order valence-corrected chi connectivity index (χ3v) is 10.8. The molecule has 3 heterocycles. The molecular formula is C31H33Cl2N5O5S. The molecule has 13 heteroatoms. The van der Waals surface area contributed by atoms with Gasteiger partial charge in [0, 0.05) is 25.7 Å². The Bertz CT molecular complexity index is 1860. The molecule has 0 radical (unpaired) electrons. The summed E-state index contributed by atoms with van der Waals surface area (Å²) in [6.45, 7) is 4.27. The van der Waals surface area contributed by atoms with E-state index in [9.17, 15) is 13.2 Å². The summed E-state index contributed by atoms with van der Waals surface area (Å²) < 4.78 is 42.5. The number of aromatic nitrogens is 4.